The Labute approximate surface area is 103 Å². The van der Waals surface area contributed by atoms with E-state index >= 15 is 0 Å². The summed E-state index contributed by atoms with van der Waals surface area (Å²) in [4.78, 5) is 4.19. The molecule has 0 aliphatic rings. The van der Waals surface area contributed by atoms with Crippen molar-refractivity contribution in [3.8, 4) is 6.07 Å². The number of rotatable bonds is 3. The van der Waals surface area contributed by atoms with E-state index in [1.807, 2.05) is 18.4 Å². The maximum absolute atomic E-state index is 13.1. The van der Waals surface area contributed by atoms with E-state index in [4.69, 9.17) is 5.26 Å². The van der Waals surface area contributed by atoms with Gasteiger partial charge in [-0.3, -0.25) is 0 Å². The molecular formula is C12H10FN3S. The summed E-state index contributed by atoms with van der Waals surface area (Å²) in [5.74, 6) is -0.501. The number of hydrogen-bond acceptors (Lipinski definition) is 4. The van der Waals surface area contributed by atoms with E-state index in [9.17, 15) is 4.39 Å². The summed E-state index contributed by atoms with van der Waals surface area (Å²) in [6.45, 7) is 1.96. The number of aromatic nitrogens is 1. The van der Waals surface area contributed by atoms with Crippen LogP contribution in [0.5, 0.6) is 0 Å². The number of nitriles is 1. The van der Waals surface area contributed by atoms with Crippen molar-refractivity contribution in [1.29, 1.82) is 5.26 Å². The van der Waals surface area contributed by atoms with Crippen LogP contribution in [0, 0.1) is 17.1 Å². The van der Waals surface area contributed by atoms with Gasteiger partial charge in [-0.25, -0.2) is 9.37 Å². The van der Waals surface area contributed by atoms with Crippen LogP contribution in [-0.2, 0) is 0 Å². The zero-order valence-electron chi connectivity index (χ0n) is 9.14. The highest BCUT2D eigenvalue weighted by Crippen LogP contribution is 2.20. The third-order valence-corrected chi connectivity index (χ3v) is 2.97. The Balaban J connectivity index is 2.17. The molecule has 0 aliphatic heterocycles. The lowest BCUT2D eigenvalue weighted by Crippen LogP contribution is -2.07. The Morgan fingerprint density at radius 2 is 2.35 bits per heavy atom. The zero-order valence-corrected chi connectivity index (χ0v) is 9.96. The number of hydrogen-bond donors (Lipinski definition) is 1. The van der Waals surface area contributed by atoms with Gasteiger partial charge in [-0.05, 0) is 25.1 Å². The average Bonchev–Trinajstić information content (AvgIpc) is 2.85. The van der Waals surface area contributed by atoms with Gasteiger partial charge in [0.1, 0.15) is 11.9 Å². The summed E-state index contributed by atoms with van der Waals surface area (Å²) in [5.41, 5.74) is 3.44. The van der Waals surface area contributed by atoms with Gasteiger partial charge in [-0.2, -0.15) is 5.26 Å². The van der Waals surface area contributed by atoms with E-state index in [1.54, 1.807) is 11.6 Å². The SMILES string of the molecule is CC(Nc1ccc(F)c(C#N)c1)c1cscn1. The molecule has 1 aromatic heterocycles. The lowest BCUT2D eigenvalue weighted by Gasteiger charge is -2.13. The van der Waals surface area contributed by atoms with Crippen molar-refractivity contribution in [2.45, 2.75) is 13.0 Å². The smallest absolute Gasteiger partial charge is 0.141 e. The molecule has 0 saturated heterocycles. The molecule has 0 saturated carbocycles. The quantitative estimate of drug-likeness (QED) is 0.905. The van der Waals surface area contributed by atoms with Crippen LogP contribution in [0.4, 0.5) is 10.1 Å². The maximum Gasteiger partial charge on any atom is 0.141 e. The van der Waals surface area contributed by atoms with Crippen molar-refractivity contribution >= 4 is 17.0 Å². The second-order valence-electron chi connectivity index (χ2n) is 3.59. The Morgan fingerprint density at radius 1 is 1.53 bits per heavy atom. The summed E-state index contributed by atoms with van der Waals surface area (Å²) < 4.78 is 13.1. The molecule has 0 aliphatic carbocycles. The first-order valence-electron chi connectivity index (χ1n) is 5.05. The van der Waals surface area contributed by atoms with Gasteiger partial charge < -0.3 is 5.32 Å². The molecule has 1 heterocycles. The van der Waals surface area contributed by atoms with Crippen molar-refractivity contribution in [1.82, 2.24) is 4.98 Å². The molecule has 2 rings (SSSR count). The summed E-state index contributed by atoms with van der Waals surface area (Å²) >= 11 is 1.53. The molecule has 1 unspecified atom stereocenters. The Kier molecular flexibility index (Phi) is 3.35. The van der Waals surface area contributed by atoms with E-state index in [0.29, 0.717) is 5.69 Å². The molecule has 1 aromatic carbocycles. The molecule has 0 fully saturated rings. The minimum atomic E-state index is -0.501. The maximum atomic E-state index is 13.1. The molecule has 1 atom stereocenters. The number of anilines is 1. The van der Waals surface area contributed by atoms with Crippen molar-refractivity contribution < 1.29 is 4.39 Å². The topological polar surface area (TPSA) is 48.7 Å². The summed E-state index contributed by atoms with van der Waals surface area (Å²) in [7, 11) is 0. The highest BCUT2D eigenvalue weighted by Gasteiger charge is 2.08. The predicted octanol–water partition coefficient (Wildman–Crippen LogP) is 3.33. The highest BCUT2D eigenvalue weighted by atomic mass is 32.1. The number of benzene rings is 1. The third kappa shape index (κ3) is 2.60. The molecule has 0 bridgehead atoms. The summed E-state index contributed by atoms with van der Waals surface area (Å²) in [5, 5.41) is 13.9. The van der Waals surface area contributed by atoms with Gasteiger partial charge in [0.05, 0.1) is 22.8 Å². The van der Waals surface area contributed by atoms with Gasteiger partial charge in [0.15, 0.2) is 0 Å². The van der Waals surface area contributed by atoms with E-state index in [2.05, 4.69) is 10.3 Å². The van der Waals surface area contributed by atoms with Gasteiger partial charge in [0, 0.05) is 11.1 Å². The van der Waals surface area contributed by atoms with Crippen LogP contribution < -0.4 is 5.32 Å². The first kappa shape index (κ1) is 11.6. The Hall–Kier alpha value is -1.93. The fraction of sp³-hybridized carbons (Fsp3) is 0.167. The van der Waals surface area contributed by atoms with Crippen molar-refractivity contribution in [2.24, 2.45) is 0 Å². The molecular weight excluding hydrogens is 237 g/mol. The lowest BCUT2D eigenvalue weighted by molar-refractivity contribution is 0.624. The molecule has 86 valence electrons. The molecule has 17 heavy (non-hydrogen) atoms. The number of nitrogens with one attached hydrogen (secondary N) is 1. The van der Waals surface area contributed by atoms with E-state index < -0.39 is 5.82 Å². The molecule has 5 heteroatoms. The fourth-order valence-electron chi connectivity index (χ4n) is 1.46. The van der Waals surface area contributed by atoms with E-state index in [1.165, 1.54) is 23.5 Å². The fourth-order valence-corrected chi connectivity index (χ4v) is 2.11. The van der Waals surface area contributed by atoms with Crippen LogP contribution >= 0.6 is 11.3 Å². The average molecular weight is 247 g/mol. The summed E-state index contributed by atoms with van der Waals surface area (Å²) in [6.07, 6.45) is 0. The van der Waals surface area contributed by atoms with Gasteiger partial charge in [-0.1, -0.05) is 0 Å². The summed E-state index contributed by atoms with van der Waals surface area (Å²) in [6, 6.07) is 6.24. The van der Waals surface area contributed by atoms with Crippen LogP contribution in [0.3, 0.4) is 0 Å². The highest BCUT2D eigenvalue weighted by molar-refractivity contribution is 7.07. The van der Waals surface area contributed by atoms with Crippen LogP contribution in [0.2, 0.25) is 0 Å². The van der Waals surface area contributed by atoms with E-state index in [-0.39, 0.29) is 11.6 Å². The molecule has 0 radical (unpaired) electrons. The van der Waals surface area contributed by atoms with Gasteiger partial charge >= 0.3 is 0 Å². The van der Waals surface area contributed by atoms with Crippen molar-refractivity contribution in [2.75, 3.05) is 5.32 Å². The van der Waals surface area contributed by atoms with Crippen LogP contribution in [0.15, 0.2) is 29.1 Å². The number of thiazole rings is 1. The zero-order chi connectivity index (χ0) is 12.3. The minimum absolute atomic E-state index is 0.0262. The molecule has 1 N–H and O–H groups in total. The predicted molar refractivity (Wildman–Crippen MR) is 65.3 cm³/mol. The van der Waals surface area contributed by atoms with Crippen LogP contribution in [0.25, 0.3) is 0 Å². The first-order chi connectivity index (χ1) is 8.20. The van der Waals surface area contributed by atoms with Crippen molar-refractivity contribution in [3.63, 3.8) is 0 Å². The van der Waals surface area contributed by atoms with Gasteiger partial charge in [-0.15, -0.1) is 11.3 Å². The first-order valence-corrected chi connectivity index (χ1v) is 5.99. The molecule has 3 nitrogen and oxygen atoms in total. The van der Waals surface area contributed by atoms with Gasteiger partial charge in [0.25, 0.3) is 0 Å². The molecule has 0 spiro atoms. The largest absolute Gasteiger partial charge is 0.377 e. The third-order valence-electron chi connectivity index (χ3n) is 2.37. The number of nitrogens with zero attached hydrogens (tertiary/aromatic N) is 2. The normalized spacial score (nSPS) is 11.8. The van der Waals surface area contributed by atoms with Crippen LogP contribution in [-0.4, -0.2) is 4.98 Å². The monoisotopic (exact) mass is 247 g/mol. The lowest BCUT2D eigenvalue weighted by atomic mass is 10.2. The second-order valence-corrected chi connectivity index (χ2v) is 4.30. The minimum Gasteiger partial charge on any atom is -0.377 e. The standard InChI is InChI=1S/C12H10FN3S/c1-8(12-6-17-7-15-12)16-10-2-3-11(13)9(4-10)5-14/h2-4,6-8,16H,1H3. The Morgan fingerprint density at radius 3 is 3.00 bits per heavy atom. The molecule has 0 amide bonds. The Bertz CT molecular complexity index is 545. The molecule has 2 aromatic rings. The van der Waals surface area contributed by atoms with Crippen molar-refractivity contribution in [3.05, 3.63) is 46.2 Å². The second kappa shape index (κ2) is 4.93. The van der Waals surface area contributed by atoms with Crippen LogP contribution in [0.1, 0.15) is 24.2 Å². The number of halogens is 1. The van der Waals surface area contributed by atoms with Gasteiger partial charge in [0.2, 0.25) is 0 Å². The van der Waals surface area contributed by atoms with E-state index in [0.717, 1.165) is 5.69 Å².